The highest BCUT2D eigenvalue weighted by Crippen LogP contribution is 2.28. The number of benzene rings is 2. The van der Waals surface area contributed by atoms with Gasteiger partial charge in [-0.25, -0.2) is 16.8 Å². The third kappa shape index (κ3) is 4.70. The zero-order valence-electron chi connectivity index (χ0n) is 14.0. The summed E-state index contributed by atoms with van der Waals surface area (Å²) >= 11 is 4.31. The SMILES string of the molecule is Cc1ccccc1NS(=O)(=O)c1ccc(NS(=O)(=O)c2ccc(Br)s2)cc1. The van der Waals surface area contributed by atoms with Crippen molar-refractivity contribution in [3.63, 3.8) is 0 Å². The Morgan fingerprint density at radius 2 is 1.48 bits per heavy atom. The number of halogens is 1. The molecule has 0 bridgehead atoms. The molecule has 3 aromatic rings. The van der Waals surface area contributed by atoms with E-state index in [-0.39, 0.29) is 14.8 Å². The topological polar surface area (TPSA) is 92.3 Å². The van der Waals surface area contributed by atoms with E-state index in [0.717, 1.165) is 16.9 Å². The summed E-state index contributed by atoms with van der Waals surface area (Å²) in [6.45, 7) is 1.80. The Morgan fingerprint density at radius 1 is 0.815 bits per heavy atom. The van der Waals surface area contributed by atoms with Crippen molar-refractivity contribution < 1.29 is 16.8 Å². The first-order valence-electron chi connectivity index (χ1n) is 7.64. The summed E-state index contributed by atoms with van der Waals surface area (Å²) < 4.78 is 55.5. The van der Waals surface area contributed by atoms with Gasteiger partial charge in [0.15, 0.2) is 0 Å². The number of thiophene rings is 1. The van der Waals surface area contributed by atoms with Crippen LogP contribution in [0.2, 0.25) is 0 Å². The van der Waals surface area contributed by atoms with Crippen LogP contribution in [-0.2, 0) is 20.0 Å². The fourth-order valence-corrected chi connectivity index (χ4v) is 6.44. The molecule has 3 rings (SSSR count). The maximum Gasteiger partial charge on any atom is 0.271 e. The predicted octanol–water partition coefficient (Wildman–Crippen LogP) is 4.42. The van der Waals surface area contributed by atoms with E-state index in [2.05, 4.69) is 25.4 Å². The van der Waals surface area contributed by atoms with Gasteiger partial charge in [0.1, 0.15) is 4.21 Å². The highest BCUT2D eigenvalue weighted by molar-refractivity contribution is 9.11. The smallest absolute Gasteiger partial charge is 0.271 e. The van der Waals surface area contributed by atoms with Gasteiger partial charge in [-0.05, 0) is 70.9 Å². The van der Waals surface area contributed by atoms with E-state index in [4.69, 9.17) is 0 Å². The molecule has 6 nitrogen and oxygen atoms in total. The summed E-state index contributed by atoms with van der Waals surface area (Å²) in [6.07, 6.45) is 0. The summed E-state index contributed by atoms with van der Waals surface area (Å²) in [7, 11) is -7.50. The van der Waals surface area contributed by atoms with Gasteiger partial charge in [-0.2, -0.15) is 0 Å². The molecule has 1 heterocycles. The van der Waals surface area contributed by atoms with Crippen molar-refractivity contribution in [3.8, 4) is 0 Å². The fourth-order valence-electron chi connectivity index (χ4n) is 2.24. The second-order valence-electron chi connectivity index (χ2n) is 5.61. The summed E-state index contributed by atoms with van der Waals surface area (Å²) in [5, 5.41) is 0. The van der Waals surface area contributed by atoms with Crippen molar-refractivity contribution in [1.82, 2.24) is 0 Å². The molecular formula is C17H15BrN2O4S3. The van der Waals surface area contributed by atoms with E-state index >= 15 is 0 Å². The third-order valence-corrected chi connectivity index (χ3v) is 8.50. The second kappa shape index (κ2) is 7.63. The van der Waals surface area contributed by atoms with Crippen LogP contribution in [-0.4, -0.2) is 16.8 Å². The second-order valence-corrected chi connectivity index (χ2v) is 11.7. The van der Waals surface area contributed by atoms with Crippen molar-refractivity contribution in [2.24, 2.45) is 0 Å². The highest BCUT2D eigenvalue weighted by atomic mass is 79.9. The predicted molar refractivity (Wildman–Crippen MR) is 111 cm³/mol. The summed E-state index contributed by atoms with van der Waals surface area (Å²) in [6, 6.07) is 15.7. The molecule has 0 aliphatic rings. The lowest BCUT2D eigenvalue weighted by atomic mass is 10.2. The van der Waals surface area contributed by atoms with E-state index in [9.17, 15) is 16.8 Å². The highest BCUT2D eigenvalue weighted by Gasteiger charge is 2.18. The molecule has 0 unspecified atom stereocenters. The van der Waals surface area contributed by atoms with Crippen LogP contribution in [0.25, 0.3) is 0 Å². The largest absolute Gasteiger partial charge is 0.279 e. The van der Waals surface area contributed by atoms with Crippen LogP contribution in [0.3, 0.4) is 0 Å². The molecule has 27 heavy (non-hydrogen) atoms. The molecular weight excluding hydrogens is 472 g/mol. The van der Waals surface area contributed by atoms with E-state index in [1.165, 1.54) is 30.3 Å². The van der Waals surface area contributed by atoms with Gasteiger partial charge in [0, 0.05) is 5.69 Å². The minimum Gasteiger partial charge on any atom is -0.279 e. The first-order chi connectivity index (χ1) is 12.7. The van der Waals surface area contributed by atoms with Gasteiger partial charge in [-0.3, -0.25) is 9.44 Å². The fraction of sp³-hybridized carbons (Fsp3) is 0.0588. The summed E-state index contributed by atoms with van der Waals surface area (Å²) in [5.74, 6) is 0. The van der Waals surface area contributed by atoms with E-state index in [0.29, 0.717) is 9.47 Å². The monoisotopic (exact) mass is 486 g/mol. The van der Waals surface area contributed by atoms with Gasteiger partial charge in [0.05, 0.1) is 14.4 Å². The molecule has 142 valence electrons. The van der Waals surface area contributed by atoms with Crippen LogP contribution in [0, 0.1) is 6.92 Å². The zero-order chi connectivity index (χ0) is 19.7. The van der Waals surface area contributed by atoms with Gasteiger partial charge in [-0.1, -0.05) is 18.2 Å². The first-order valence-corrected chi connectivity index (χ1v) is 12.2. The van der Waals surface area contributed by atoms with E-state index in [1.54, 1.807) is 31.2 Å². The molecule has 0 atom stereocenters. The van der Waals surface area contributed by atoms with Crippen LogP contribution >= 0.6 is 27.3 Å². The minimum atomic E-state index is -3.78. The Labute approximate surface area is 170 Å². The first kappa shape index (κ1) is 19.9. The van der Waals surface area contributed by atoms with Crippen LogP contribution in [0.1, 0.15) is 5.56 Å². The number of nitrogens with one attached hydrogen (secondary N) is 2. The molecule has 10 heteroatoms. The summed E-state index contributed by atoms with van der Waals surface area (Å²) in [4.78, 5) is 0.0348. The average Bonchev–Trinajstić information content (AvgIpc) is 3.04. The lowest BCUT2D eigenvalue weighted by Gasteiger charge is -2.11. The number of para-hydroxylation sites is 1. The number of hydrogen-bond donors (Lipinski definition) is 2. The normalized spacial score (nSPS) is 11.9. The quantitative estimate of drug-likeness (QED) is 0.539. The van der Waals surface area contributed by atoms with Gasteiger partial charge >= 0.3 is 0 Å². The van der Waals surface area contributed by atoms with Crippen molar-refractivity contribution in [2.45, 2.75) is 16.0 Å². The van der Waals surface area contributed by atoms with Crippen molar-refractivity contribution in [3.05, 3.63) is 70.0 Å². The molecule has 0 spiro atoms. The van der Waals surface area contributed by atoms with Crippen LogP contribution in [0.4, 0.5) is 11.4 Å². The molecule has 0 aliphatic carbocycles. The lowest BCUT2D eigenvalue weighted by molar-refractivity contribution is 0.600. The Bertz CT molecular complexity index is 1170. The Hall–Kier alpha value is -1.88. The Morgan fingerprint density at radius 3 is 2.07 bits per heavy atom. The molecule has 0 saturated heterocycles. The molecule has 1 aromatic heterocycles. The molecule has 0 fully saturated rings. The van der Waals surface area contributed by atoms with Crippen LogP contribution in [0.15, 0.2) is 73.6 Å². The number of hydrogen-bond acceptors (Lipinski definition) is 5. The third-order valence-electron chi connectivity index (χ3n) is 3.62. The van der Waals surface area contributed by atoms with Gasteiger partial charge in [0.2, 0.25) is 0 Å². The van der Waals surface area contributed by atoms with Gasteiger partial charge in [-0.15, -0.1) is 11.3 Å². The van der Waals surface area contributed by atoms with Gasteiger partial charge < -0.3 is 0 Å². The van der Waals surface area contributed by atoms with Crippen LogP contribution in [0.5, 0.6) is 0 Å². The molecule has 0 aliphatic heterocycles. The lowest BCUT2D eigenvalue weighted by Crippen LogP contribution is -2.14. The van der Waals surface area contributed by atoms with Crippen molar-refractivity contribution in [1.29, 1.82) is 0 Å². The zero-order valence-corrected chi connectivity index (χ0v) is 18.0. The Balaban J connectivity index is 1.80. The van der Waals surface area contributed by atoms with E-state index in [1.807, 2.05) is 6.07 Å². The number of sulfonamides is 2. The van der Waals surface area contributed by atoms with Crippen molar-refractivity contribution in [2.75, 3.05) is 9.44 Å². The number of rotatable bonds is 6. The summed E-state index contributed by atoms with van der Waals surface area (Å²) in [5.41, 5.74) is 1.56. The van der Waals surface area contributed by atoms with Crippen LogP contribution < -0.4 is 9.44 Å². The molecule has 2 aromatic carbocycles. The standard InChI is InChI=1S/C17H15BrN2O4S3/c1-12-4-2-3-5-15(12)20-26(21,22)14-8-6-13(7-9-14)19-27(23,24)17-11-10-16(18)25-17/h2-11,19-20H,1H3. The average molecular weight is 487 g/mol. The minimum absolute atomic E-state index is 0.0348. The molecule has 0 amide bonds. The number of aryl methyl sites for hydroxylation is 1. The van der Waals surface area contributed by atoms with E-state index < -0.39 is 20.0 Å². The molecule has 0 saturated carbocycles. The van der Waals surface area contributed by atoms with Gasteiger partial charge in [0.25, 0.3) is 20.0 Å². The maximum absolute atomic E-state index is 12.5. The Kier molecular flexibility index (Phi) is 5.61. The molecule has 0 radical (unpaired) electrons. The molecule has 2 N–H and O–H groups in total. The van der Waals surface area contributed by atoms with Crippen molar-refractivity contribution >= 4 is 58.7 Å². The number of anilines is 2. The maximum atomic E-state index is 12.5.